The highest BCUT2D eigenvalue weighted by molar-refractivity contribution is 6.31. The lowest BCUT2D eigenvalue weighted by Crippen LogP contribution is -2.14. The van der Waals surface area contributed by atoms with E-state index in [0.29, 0.717) is 0 Å². The molecule has 0 aliphatic heterocycles. The van der Waals surface area contributed by atoms with Gasteiger partial charge in [0.1, 0.15) is 5.56 Å². The molecule has 1 amide bonds. The summed E-state index contributed by atoms with van der Waals surface area (Å²) >= 11 is 5.77. The molecule has 0 saturated heterocycles. The normalized spacial score (nSPS) is 10.6. The van der Waals surface area contributed by atoms with Gasteiger partial charge in [0.05, 0.1) is 10.6 Å². The summed E-state index contributed by atoms with van der Waals surface area (Å²) in [6.07, 6.45) is 0. The zero-order chi connectivity index (χ0) is 18.8. The third-order valence-electron chi connectivity index (χ3n) is 3.75. The monoisotopic (exact) mass is 370 g/mol. The van der Waals surface area contributed by atoms with Crippen LogP contribution in [0.4, 0.5) is 11.5 Å². The molecular formula is C18H15ClN4O3. The van der Waals surface area contributed by atoms with Crippen LogP contribution in [0.25, 0.3) is 11.3 Å². The van der Waals surface area contributed by atoms with E-state index in [-0.39, 0.29) is 22.1 Å². The van der Waals surface area contributed by atoms with Crippen LogP contribution in [0.3, 0.4) is 0 Å². The minimum atomic E-state index is -0.647. The molecule has 1 heterocycles. The van der Waals surface area contributed by atoms with E-state index in [4.69, 9.17) is 11.6 Å². The fraction of sp³-hybridized carbons (Fsp3) is 0.111. The van der Waals surface area contributed by atoms with E-state index in [1.165, 1.54) is 12.1 Å². The lowest BCUT2D eigenvalue weighted by molar-refractivity contribution is -0.385. The van der Waals surface area contributed by atoms with Gasteiger partial charge in [-0.2, -0.15) is 5.10 Å². The second-order valence-corrected chi connectivity index (χ2v) is 6.35. The molecular weight excluding hydrogens is 356 g/mol. The lowest BCUT2D eigenvalue weighted by Gasteiger charge is -2.03. The Morgan fingerprint density at radius 3 is 2.50 bits per heavy atom. The van der Waals surface area contributed by atoms with Crippen molar-refractivity contribution in [1.82, 2.24) is 10.2 Å². The van der Waals surface area contributed by atoms with Crippen molar-refractivity contribution < 1.29 is 9.72 Å². The lowest BCUT2D eigenvalue weighted by atomic mass is 10.1. The van der Waals surface area contributed by atoms with Gasteiger partial charge in [0.2, 0.25) is 0 Å². The maximum absolute atomic E-state index is 12.4. The van der Waals surface area contributed by atoms with Crippen molar-refractivity contribution in [3.8, 4) is 11.3 Å². The molecule has 0 saturated carbocycles. The highest BCUT2D eigenvalue weighted by Crippen LogP contribution is 2.25. The van der Waals surface area contributed by atoms with E-state index < -0.39 is 10.8 Å². The van der Waals surface area contributed by atoms with Crippen molar-refractivity contribution >= 4 is 29.0 Å². The summed E-state index contributed by atoms with van der Waals surface area (Å²) in [5, 5.41) is 20.8. The molecule has 0 aliphatic rings. The maximum Gasteiger partial charge on any atom is 0.283 e. The van der Waals surface area contributed by atoms with Gasteiger partial charge in [0.15, 0.2) is 5.82 Å². The van der Waals surface area contributed by atoms with Gasteiger partial charge in [-0.05, 0) is 38.1 Å². The third-order valence-corrected chi connectivity index (χ3v) is 3.99. The number of nitro benzene ring substituents is 1. The van der Waals surface area contributed by atoms with Crippen molar-refractivity contribution in [2.24, 2.45) is 0 Å². The number of nitro groups is 1. The molecule has 0 unspecified atom stereocenters. The van der Waals surface area contributed by atoms with Crippen molar-refractivity contribution in [1.29, 1.82) is 0 Å². The molecule has 0 aliphatic carbocycles. The van der Waals surface area contributed by atoms with E-state index in [2.05, 4.69) is 21.6 Å². The number of carbonyl (C=O) groups excluding carboxylic acids is 1. The molecule has 0 fully saturated rings. The van der Waals surface area contributed by atoms with Gasteiger partial charge in [-0.25, -0.2) is 0 Å². The predicted octanol–water partition coefficient (Wildman–Crippen LogP) is 4.51. The van der Waals surface area contributed by atoms with Gasteiger partial charge in [-0.1, -0.05) is 28.8 Å². The van der Waals surface area contributed by atoms with Crippen LogP contribution in [0.2, 0.25) is 5.02 Å². The summed E-state index contributed by atoms with van der Waals surface area (Å²) < 4.78 is 0. The Labute approximate surface area is 154 Å². The number of amides is 1. The van der Waals surface area contributed by atoms with E-state index in [1.54, 1.807) is 6.07 Å². The van der Waals surface area contributed by atoms with Crippen molar-refractivity contribution in [3.63, 3.8) is 0 Å². The van der Waals surface area contributed by atoms with Gasteiger partial charge in [0, 0.05) is 22.7 Å². The average molecular weight is 371 g/mol. The Kier molecular flexibility index (Phi) is 4.73. The largest absolute Gasteiger partial charge is 0.305 e. The van der Waals surface area contributed by atoms with Crippen LogP contribution in [0, 0.1) is 24.0 Å². The first-order chi connectivity index (χ1) is 12.3. The molecule has 8 heteroatoms. The molecule has 2 aromatic carbocycles. The number of rotatable bonds is 4. The Balaban J connectivity index is 1.86. The maximum atomic E-state index is 12.4. The quantitative estimate of drug-likeness (QED) is 0.521. The van der Waals surface area contributed by atoms with E-state index in [1.807, 2.05) is 26.0 Å². The summed E-state index contributed by atoms with van der Waals surface area (Å²) in [6.45, 7) is 3.99. The summed E-state index contributed by atoms with van der Waals surface area (Å²) in [5.41, 5.74) is 3.44. The first-order valence-electron chi connectivity index (χ1n) is 7.73. The second kappa shape index (κ2) is 6.97. The molecule has 0 atom stereocenters. The molecule has 3 aromatic rings. The zero-order valence-corrected chi connectivity index (χ0v) is 14.8. The molecule has 0 bridgehead atoms. The van der Waals surface area contributed by atoms with E-state index in [9.17, 15) is 14.9 Å². The van der Waals surface area contributed by atoms with Crippen molar-refractivity contribution in [3.05, 3.63) is 74.3 Å². The number of aryl methyl sites for hydroxylation is 2. The highest BCUT2D eigenvalue weighted by atomic mass is 35.5. The molecule has 0 radical (unpaired) electrons. The fourth-order valence-corrected chi connectivity index (χ4v) is 2.86. The average Bonchev–Trinajstić information content (AvgIpc) is 3.02. The number of aromatic amines is 1. The number of halogens is 1. The molecule has 7 nitrogen and oxygen atoms in total. The summed E-state index contributed by atoms with van der Waals surface area (Å²) in [7, 11) is 0. The van der Waals surface area contributed by atoms with E-state index >= 15 is 0 Å². The Hall–Kier alpha value is -3.19. The minimum Gasteiger partial charge on any atom is -0.305 e. The number of carbonyl (C=O) groups is 1. The number of benzene rings is 2. The minimum absolute atomic E-state index is 0.0876. The van der Waals surface area contributed by atoms with Crippen LogP contribution in [0.5, 0.6) is 0 Å². The molecule has 3 rings (SSSR count). The molecule has 1 aromatic heterocycles. The van der Waals surface area contributed by atoms with Gasteiger partial charge < -0.3 is 5.32 Å². The SMILES string of the molecule is Cc1cc(C)cc(-c2cc(NC(=O)c3ccc(Cl)cc3[N+](=O)[O-])n[nH]2)c1. The first-order valence-corrected chi connectivity index (χ1v) is 8.10. The zero-order valence-electron chi connectivity index (χ0n) is 14.0. The van der Waals surface area contributed by atoms with Gasteiger partial charge in [0.25, 0.3) is 11.6 Å². The van der Waals surface area contributed by atoms with Crippen LogP contribution in [-0.2, 0) is 0 Å². The second-order valence-electron chi connectivity index (χ2n) is 5.92. The third kappa shape index (κ3) is 3.73. The Morgan fingerprint density at radius 1 is 1.15 bits per heavy atom. The molecule has 132 valence electrons. The number of hydrogen-bond donors (Lipinski definition) is 2. The highest BCUT2D eigenvalue weighted by Gasteiger charge is 2.21. The Bertz CT molecular complexity index is 993. The smallest absolute Gasteiger partial charge is 0.283 e. The molecule has 2 N–H and O–H groups in total. The van der Waals surface area contributed by atoms with Gasteiger partial charge in [-0.3, -0.25) is 20.0 Å². The van der Waals surface area contributed by atoms with E-state index in [0.717, 1.165) is 28.5 Å². The number of nitrogens with one attached hydrogen (secondary N) is 2. The molecule has 26 heavy (non-hydrogen) atoms. The fourth-order valence-electron chi connectivity index (χ4n) is 2.70. The van der Waals surface area contributed by atoms with Crippen LogP contribution in [0.1, 0.15) is 21.5 Å². The molecule has 0 spiro atoms. The van der Waals surface area contributed by atoms with Crippen molar-refractivity contribution in [2.45, 2.75) is 13.8 Å². The van der Waals surface area contributed by atoms with Gasteiger partial charge in [-0.15, -0.1) is 0 Å². The standard InChI is InChI=1S/C18H15ClN4O3/c1-10-5-11(2)7-12(6-10)15-9-17(22-21-15)20-18(24)14-4-3-13(19)8-16(14)23(25)26/h3-9H,1-2H3,(H2,20,21,22,24). The number of H-pyrrole nitrogens is 1. The predicted molar refractivity (Wildman–Crippen MR) is 99.6 cm³/mol. The topological polar surface area (TPSA) is 101 Å². The number of anilines is 1. The summed E-state index contributed by atoms with van der Waals surface area (Å²) in [5.74, 6) is -0.361. The summed E-state index contributed by atoms with van der Waals surface area (Å²) in [6, 6.07) is 11.6. The number of aromatic nitrogens is 2. The Morgan fingerprint density at radius 2 is 1.85 bits per heavy atom. The van der Waals surface area contributed by atoms with Crippen LogP contribution >= 0.6 is 11.6 Å². The number of hydrogen-bond acceptors (Lipinski definition) is 4. The van der Waals surface area contributed by atoms with Crippen LogP contribution in [-0.4, -0.2) is 21.0 Å². The van der Waals surface area contributed by atoms with Crippen LogP contribution in [0.15, 0.2) is 42.5 Å². The van der Waals surface area contributed by atoms with Crippen molar-refractivity contribution in [2.75, 3.05) is 5.32 Å². The van der Waals surface area contributed by atoms with Crippen LogP contribution < -0.4 is 5.32 Å². The van der Waals surface area contributed by atoms with Gasteiger partial charge >= 0.3 is 0 Å². The summed E-state index contributed by atoms with van der Waals surface area (Å²) in [4.78, 5) is 22.9. The number of nitrogens with zero attached hydrogens (tertiary/aromatic N) is 2. The first kappa shape index (κ1) is 17.6.